The Balaban J connectivity index is 2.65. The summed E-state index contributed by atoms with van der Waals surface area (Å²) >= 11 is 0. The molecule has 5 heteroatoms. The molecule has 0 radical (unpaired) electrons. The van der Waals surface area contributed by atoms with Gasteiger partial charge in [0.05, 0.1) is 11.3 Å². The molecule has 2 aromatic carbocycles. The van der Waals surface area contributed by atoms with Crippen LogP contribution in [-0.4, -0.2) is 25.7 Å². The average molecular weight is 304 g/mol. The first-order valence-electron chi connectivity index (χ1n) is 6.38. The molecule has 0 fully saturated rings. The zero-order chi connectivity index (χ0) is 15.6. The lowest BCUT2D eigenvalue weighted by molar-refractivity contribution is 0.0696. The second-order valence-corrected chi connectivity index (χ2v) is 7.20. The zero-order valence-electron chi connectivity index (χ0n) is 11.8. The van der Waals surface area contributed by atoms with Gasteiger partial charge < -0.3 is 5.11 Å². The first kappa shape index (κ1) is 15.3. The van der Waals surface area contributed by atoms with E-state index in [1.54, 1.807) is 6.07 Å². The Hall–Kier alpha value is -2.14. The molecule has 0 saturated carbocycles. The minimum absolute atomic E-state index is 0.0889. The van der Waals surface area contributed by atoms with Crippen molar-refractivity contribution in [3.8, 4) is 11.1 Å². The van der Waals surface area contributed by atoms with Gasteiger partial charge in [0.1, 0.15) is 0 Å². The van der Waals surface area contributed by atoms with Gasteiger partial charge >= 0.3 is 5.97 Å². The zero-order valence-corrected chi connectivity index (χ0v) is 12.6. The number of aryl methyl sites for hydroxylation is 1. The number of benzene rings is 2. The third-order valence-electron chi connectivity index (χ3n) is 3.21. The van der Waals surface area contributed by atoms with Gasteiger partial charge in [-0.3, -0.25) is 0 Å². The number of hydrogen-bond donors (Lipinski definition) is 1. The third-order valence-corrected chi connectivity index (χ3v) is 4.04. The maximum Gasteiger partial charge on any atom is 0.335 e. The summed E-state index contributed by atoms with van der Waals surface area (Å²) in [6.07, 6.45) is 1.14. The number of carboxylic acids is 1. The van der Waals surface area contributed by atoms with Crippen LogP contribution in [-0.2, 0) is 15.6 Å². The lowest BCUT2D eigenvalue weighted by atomic mass is 9.95. The van der Waals surface area contributed by atoms with E-state index in [2.05, 4.69) is 0 Å². The smallest absolute Gasteiger partial charge is 0.335 e. The number of carboxylic acid groups (broad SMARTS) is 1. The highest BCUT2D eigenvalue weighted by atomic mass is 32.2. The molecule has 21 heavy (non-hydrogen) atoms. The van der Waals surface area contributed by atoms with Gasteiger partial charge in [-0.05, 0) is 41.3 Å². The van der Waals surface area contributed by atoms with Crippen molar-refractivity contribution in [1.82, 2.24) is 0 Å². The van der Waals surface area contributed by atoms with Gasteiger partial charge in [0, 0.05) is 6.26 Å². The van der Waals surface area contributed by atoms with Gasteiger partial charge in [-0.15, -0.1) is 0 Å². The fourth-order valence-corrected chi connectivity index (χ4v) is 3.07. The maximum absolute atomic E-state index is 11.6. The van der Waals surface area contributed by atoms with Crippen molar-refractivity contribution in [2.75, 3.05) is 6.26 Å². The quantitative estimate of drug-likeness (QED) is 0.942. The highest BCUT2D eigenvalue weighted by Crippen LogP contribution is 2.29. The van der Waals surface area contributed by atoms with Crippen LogP contribution >= 0.6 is 0 Å². The van der Waals surface area contributed by atoms with E-state index in [1.807, 2.05) is 31.2 Å². The van der Waals surface area contributed by atoms with Crippen molar-refractivity contribution in [3.05, 3.63) is 59.2 Å². The fourth-order valence-electron chi connectivity index (χ4n) is 2.27. The summed E-state index contributed by atoms with van der Waals surface area (Å²) < 4.78 is 23.2. The molecule has 0 aliphatic carbocycles. The Kier molecular flexibility index (Phi) is 4.14. The van der Waals surface area contributed by atoms with Crippen molar-refractivity contribution in [1.29, 1.82) is 0 Å². The normalized spacial score (nSPS) is 11.3. The van der Waals surface area contributed by atoms with Crippen LogP contribution in [0.25, 0.3) is 11.1 Å². The minimum Gasteiger partial charge on any atom is -0.478 e. The first-order valence-corrected chi connectivity index (χ1v) is 8.44. The Morgan fingerprint density at radius 1 is 1.10 bits per heavy atom. The predicted octanol–water partition coefficient (Wildman–Crippen LogP) is 2.90. The number of sulfone groups is 1. The minimum atomic E-state index is -3.26. The van der Waals surface area contributed by atoms with E-state index < -0.39 is 15.8 Å². The maximum atomic E-state index is 11.6. The number of rotatable bonds is 4. The highest BCUT2D eigenvalue weighted by molar-refractivity contribution is 7.89. The molecule has 0 unspecified atom stereocenters. The van der Waals surface area contributed by atoms with E-state index in [1.165, 1.54) is 12.1 Å². The molecule has 0 spiro atoms. The summed E-state index contributed by atoms with van der Waals surface area (Å²) in [5, 5.41) is 9.07. The lowest BCUT2D eigenvalue weighted by Gasteiger charge is -2.12. The summed E-state index contributed by atoms with van der Waals surface area (Å²) in [4.78, 5) is 11.1. The van der Waals surface area contributed by atoms with Crippen LogP contribution in [0.1, 0.15) is 21.5 Å². The van der Waals surface area contributed by atoms with Crippen LogP contribution in [0.15, 0.2) is 42.5 Å². The Morgan fingerprint density at radius 2 is 1.76 bits per heavy atom. The summed E-state index contributed by atoms with van der Waals surface area (Å²) in [7, 11) is -3.26. The molecule has 1 N–H and O–H groups in total. The average Bonchev–Trinajstić information content (AvgIpc) is 2.37. The van der Waals surface area contributed by atoms with Crippen LogP contribution in [0, 0.1) is 6.92 Å². The molecule has 0 bridgehead atoms. The van der Waals surface area contributed by atoms with Gasteiger partial charge in [0.2, 0.25) is 0 Å². The summed E-state index contributed by atoms with van der Waals surface area (Å²) in [6, 6.07) is 12.2. The van der Waals surface area contributed by atoms with E-state index >= 15 is 0 Å². The lowest BCUT2D eigenvalue weighted by Crippen LogP contribution is -2.05. The second kappa shape index (κ2) is 5.69. The summed E-state index contributed by atoms with van der Waals surface area (Å²) in [5.41, 5.74) is 3.27. The number of carbonyl (C=O) groups is 1. The van der Waals surface area contributed by atoms with Crippen LogP contribution in [0.3, 0.4) is 0 Å². The van der Waals surface area contributed by atoms with Gasteiger partial charge in [0.15, 0.2) is 9.84 Å². The van der Waals surface area contributed by atoms with Crippen LogP contribution in [0.2, 0.25) is 0 Å². The molecule has 0 atom stereocenters. The number of hydrogen-bond acceptors (Lipinski definition) is 3. The molecule has 0 aromatic heterocycles. The summed E-state index contributed by atoms with van der Waals surface area (Å²) in [6.45, 7) is 1.94. The molecule has 0 aliphatic rings. The second-order valence-electron chi connectivity index (χ2n) is 5.06. The Labute approximate surface area is 124 Å². The molecular formula is C16H16O4S. The molecule has 0 saturated heterocycles. The van der Waals surface area contributed by atoms with Crippen LogP contribution in [0.5, 0.6) is 0 Å². The summed E-state index contributed by atoms with van der Waals surface area (Å²) in [5.74, 6) is -1.25. The van der Waals surface area contributed by atoms with Crippen molar-refractivity contribution in [3.63, 3.8) is 0 Å². The van der Waals surface area contributed by atoms with Gasteiger partial charge in [-0.25, -0.2) is 13.2 Å². The van der Waals surface area contributed by atoms with E-state index in [0.29, 0.717) is 5.56 Å². The third kappa shape index (κ3) is 3.70. The molecule has 110 valence electrons. The molecule has 0 heterocycles. The topological polar surface area (TPSA) is 71.4 Å². The Bertz CT molecular complexity index is 792. The molecular weight excluding hydrogens is 288 g/mol. The SMILES string of the molecule is Cc1ccccc1-c1ccc(C(=O)O)cc1CS(C)(=O)=O. The number of aromatic carboxylic acids is 1. The van der Waals surface area contributed by atoms with E-state index in [-0.39, 0.29) is 11.3 Å². The van der Waals surface area contributed by atoms with E-state index in [0.717, 1.165) is 22.9 Å². The molecule has 2 rings (SSSR count). The molecule has 2 aromatic rings. The van der Waals surface area contributed by atoms with Crippen molar-refractivity contribution < 1.29 is 18.3 Å². The predicted molar refractivity (Wildman–Crippen MR) is 82.1 cm³/mol. The van der Waals surface area contributed by atoms with Crippen LogP contribution in [0.4, 0.5) is 0 Å². The van der Waals surface area contributed by atoms with Crippen molar-refractivity contribution in [2.24, 2.45) is 0 Å². The molecule has 4 nitrogen and oxygen atoms in total. The monoisotopic (exact) mass is 304 g/mol. The van der Waals surface area contributed by atoms with Crippen LogP contribution < -0.4 is 0 Å². The molecule has 0 aliphatic heterocycles. The van der Waals surface area contributed by atoms with Gasteiger partial charge in [-0.1, -0.05) is 30.3 Å². The fraction of sp³-hybridized carbons (Fsp3) is 0.188. The van der Waals surface area contributed by atoms with E-state index in [9.17, 15) is 13.2 Å². The molecule has 0 amide bonds. The first-order chi connectivity index (χ1) is 9.78. The largest absolute Gasteiger partial charge is 0.478 e. The van der Waals surface area contributed by atoms with Crippen molar-refractivity contribution >= 4 is 15.8 Å². The van der Waals surface area contributed by atoms with Crippen molar-refractivity contribution in [2.45, 2.75) is 12.7 Å². The van der Waals surface area contributed by atoms with Gasteiger partial charge in [-0.2, -0.15) is 0 Å². The standard InChI is InChI=1S/C16H16O4S/c1-11-5-3-4-6-14(11)15-8-7-12(16(17)18)9-13(15)10-21(2,19)20/h3-9H,10H2,1-2H3,(H,17,18). The Morgan fingerprint density at radius 3 is 2.33 bits per heavy atom. The van der Waals surface area contributed by atoms with E-state index in [4.69, 9.17) is 5.11 Å². The van der Waals surface area contributed by atoms with Gasteiger partial charge in [0.25, 0.3) is 0 Å². The highest BCUT2D eigenvalue weighted by Gasteiger charge is 2.15.